The molecule has 28 heavy (non-hydrogen) atoms. The van der Waals surface area contributed by atoms with Gasteiger partial charge in [-0.2, -0.15) is 0 Å². The molecule has 0 radical (unpaired) electrons. The average Bonchev–Trinajstić information content (AvgIpc) is 3.14. The molecule has 4 rings (SSSR count). The molecule has 1 saturated carbocycles. The zero-order valence-electron chi connectivity index (χ0n) is 16.3. The molecule has 1 aromatic rings. The van der Waals surface area contributed by atoms with E-state index < -0.39 is 5.91 Å². The van der Waals surface area contributed by atoms with Crippen LogP contribution in [-0.4, -0.2) is 41.9 Å². The van der Waals surface area contributed by atoms with Crippen molar-refractivity contribution in [3.63, 3.8) is 0 Å². The van der Waals surface area contributed by atoms with Crippen LogP contribution in [0.2, 0.25) is 0 Å². The fraction of sp³-hybridized carbons (Fsp3) is 0.571. The fourth-order valence-corrected chi connectivity index (χ4v) is 4.53. The number of ether oxygens (including phenoxy) is 2. The summed E-state index contributed by atoms with van der Waals surface area (Å²) in [6.45, 7) is 4.07. The Kier molecular flexibility index (Phi) is 5.00. The number of nitrogens with zero attached hydrogens (tertiary/aromatic N) is 1. The van der Waals surface area contributed by atoms with Crippen molar-refractivity contribution < 1.29 is 23.9 Å². The van der Waals surface area contributed by atoms with E-state index in [1.165, 1.54) is 0 Å². The van der Waals surface area contributed by atoms with Crippen molar-refractivity contribution >= 4 is 23.4 Å². The first-order valence-corrected chi connectivity index (χ1v) is 10.1. The van der Waals surface area contributed by atoms with Crippen molar-refractivity contribution in [3.05, 3.63) is 17.7 Å². The van der Waals surface area contributed by atoms with Gasteiger partial charge in [0.15, 0.2) is 0 Å². The van der Waals surface area contributed by atoms with E-state index in [1.54, 1.807) is 6.07 Å². The number of fused-ring (bicyclic) bond motifs is 2. The highest BCUT2D eigenvalue weighted by atomic mass is 16.5. The number of likely N-dealkylation sites (tertiary alicyclic amines) is 1. The minimum absolute atomic E-state index is 0.0821. The Labute approximate surface area is 164 Å². The van der Waals surface area contributed by atoms with Gasteiger partial charge in [-0.1, -0.05) is 12.8 Å². The molecular weight excluding hydrogens is 360 g/mol. The van der Waals surface area contributed by atoms with E-state index in [9.17, 15) is 14.4 Å². The zero-order valence-corrected chi connectivity index (χ0v) is 16.3. The van der Waals surface area contributed by atoms with Gasteiger partial charge in [0, 0.05) is 18.1 Å². The molecule has 1 aliphatic carbocycles. The number of benzene rings is 1. The molecule has 3 aliphatic rings. The highest BCUT2D eigenvalue weighted by Crippen LogP contribution is 2.39. The fourth-order valence-electron chi connectivity index (χ4n) is 4.53. The van der Waals surface area contributed by atoms with Crippen LogP contribution in [0.3, 0.4) is 0 Å². The first kappa shape index (κ1) is 18.8. The standard InChI is InChI=1S/C21H26N2O5/c1-3-27-18-9-13-8-12(2)28-17(13)10-16(18)22-19(24)11-23-20(25)14-6-4-5-7-15(14)21(23)26/h9-10,12,14-15H,3-8,11H2,1-2H3,(H,22,24). The normalized spacial score (nSPS) is 25.9. The van der Waals surface area contributed by atoms with Gasteiger partial charge >= 0.3 is 0 Å². The Morgan fingerprint density at radius 1 is 1.21 bits per heavy atom. The van der Waals surface area contributed by atoms with Crippen LogP contribution in [0.25, 0.3) is 0 Å². The van der Waals surface area contributed by atoms with Gasteiger partial charge in [0.25, 0.3) is 0 Å². The van der Waals surface area contributed by atoms with Gasteiger partial charge in [0.05, 0.1) is 24.1 Å². The lowest BCUT2D eigenvalue weighted by molar-refractivity contribution is -0.142. The SMILES string of the molecule is CCOc1cc2c(cc1NC(=O)CN1C(=O)C3CCCCC3C1=O)OC(C)C2. The largest absolute Gasteiger partial charge is 0.492 e. The summed E-state index contributed by atoms with van der Waals surface area (Å²) in [5, 5.41) is 2.80. The lowest BCUT2D eigenvalue weighted by Gasteiger charge is -2.19. The van der Waals surface area contributed by atoms with Crippen LogP contribution < -0.4 is 14.8 Å². The Morgan fingerprint density at radius 2 is 1.89 bits per heavy atom. The number of nitrogens with one attached hydrogen (secondary N) is 1. The predicted molar refractivity (Wildman–Crippen MR) is 102 cm³/mol. The van der Waals surface area contributed by atoms with Gasteiger partial charge in [-0.15, -0.1) is 0 Å². The van der Waals surface area contributed by atoms with Crippen molar-refractivity contribution in [1.29, 1.82) is 0 Å². The maximum absolute atomic E-state index is 12.6. The number of hydrogen-bond acceptors (Lipinski definition) is 5. The van der Waals surface area contributed by atoms with Crippen LogP contribution >= 0.6 is 0 Å². The molecule has 2 fully saturated rings. The van der Waals surface area contributed by atoms with Crippen LogP contribution in [0.1, 0.15) is 45.1 Å². The Hall–Kier alpha value is -2.57. The minimum Gasteiger partial charge on any atom is -0.492 e. The molecule has 1 aromatic carbocycles. The number of carbonyl (C=O) groups is 3. The van der Waals surface area contributed by atoms with Crippen molar-refractivity contribution in [1.82, 2.24) is 4.90 Å². The molecule has 2 heterocycles. The second-order valence-electron chi connectivity index (χ2n) is 7.83. The smallest absolute Gasteiger partial charge is 0.244 e. The highest BCUT2D eigenvalue weighted by Gasteiger charge is 2.48. The molecule has 7 heteroatoms. The predicted octanol–water partition coefficient (Wildman–Crippen LogP) is 2.52. The number of imide groups is 1. The topological polar surface area (TPSA) is 84.9 Å². The maximum Gasteiger partial charge on any atom is 0.244 e. The van der Waals surface area contributed by atoms with E-state index in [-0.39, 0.29) is 36.3 Å². The molecule has 150 valence electrons. The van der Waals surface area contributed by atoms with E-state index in [2.05, 4.69) is 5.32 Å². The molecule has 3 amide bonds. The summed E-state index contributed by atoms with van der Waals surface area (Å²) < 4.78 is 11.4. The summed E-state index contributed by atoms with van der Waals surface area (Å²) >= 11 is 0. The van der Waals surface area contributed by atoms with Gasteiger partial charge in [-0.05, 0) is 32.8 Å². The summed E-state index contributed by atoms with van der Waals surface area (Å²) in [7, 11) is 0. The quantitative estimate of drug-likeness (QED) is 0.786. The molecule has 7 nitrogen and oxygen atoms in total. The van der Waals surface area contributed by atoms with Gasteiger partial charge in [-0.3, -0.25) is 19.3 Å². The molecule has 1 saturated heterocycles. The van der Waals surface area contributed by atoms with E-state index in [4.69, 9.17) is 9.47 Å². The molecule has 3 unspecified atom stereocenters. The second-order valence-corrected chi connectivity index (χ2v) is 7.83. The number of hydrogen-bond donors (Lipinski definition) is 1. The summed E-state index contributed by atoms with van der Waals surface area (Å²) in [4.78, 5) is 38.9. The number of amides is 3. The van der Waals surface area contributed by atoms with Crippen molar-refractivity contribution in [2.45, 2.75) is 52.1 Å². The van der Waals surface area contributed by atoms with Gasteiger partial charge in [-0.25, -0.2) is 0 Å². The molecule has 3 atom stereocenters. The van der Waals surface area contributed by atoms with Gasteiger partial charge in [0.1, 0.15) is 24.1 Å². The Balaban J connectivity index is 1.49. The van der Waals surface area contributed by atoms with E-state index >= 15 is 0 Å². The van der Waals surface area contributed by atoms with Crippen LogP contribution in [0, 0.1) is 11.8 Å². The Bertz CT molecular complexity index is 797. The van der Waals surface area contributed by atoms with E-state index in [1.807, 2.05) is 19.9 Å². The lowest BCUT2D eigenvalue weighted by Crippen LogP contribution is -2.38. The third-order valence-corrected chi connectivity index (χ3v) is 5.81. The van der Waals surface area contributed by atoms with Crippen LogP contribution in [0.15, 0.2) is 12.1 Å². The van der Waals surface area contributed by atoms with Gasteiger partial charge in [0.2, 0.25) is 17.7 Å². The summed E-state index contributed by atoms with van der Waals surface area (Å²) in [5.41, 5.74) is 1.54. The maximum atomic E-state index is 12.6. The summed E-state index contributed by atoms with van der Waals surface area (Å²) in [6.07, 6.45) is 4.28. The number of anilines is 1. The van der Waals surface area contributed by atoms with E-state index in [0.717, 1.165) is 48.3 Å². The number of carbonyl (C=O) groups excluding carboxylic acids is 3. The monoisotopic (exact) mass is 386 g/mol. The molecule has 0 spiro atoms. The molecule has 0 aromatic heterocycles. The average molecular weight is 386 g/mol. The first-order valence-electron chi connectivity index (χ1n) is 10.1. The van der Waals surface area contributed by atoms with Gasteiger partial charge < -0.3 is 14.8 Å². The first-order chi connectivity index (χ1) is 13.5. The summed E-state index contributed by atoms with van der Waals surface area (Å²) in [6, 6.07) is 3.65. The molecule has 1 N–H and O–H groups in total. The third-order valence-electron chi connectivity index (χ3n) is 5.81. The third kappa shape index (κ3) is 3.34. The van der Waals surface area contributed by atoms with Crippen LogP contribution in [0.5, 0.6) is 11.5 Å². The second kappa shape index (κ2) is 7.45. The Morgan fingerprint density at radius 3 is 2.54 bits per heavy atom. The summed E-state index contributed by atoms with van der Waals surface area (Å²) in [5.74, 6) is -0.0224. The molecular formula is C21H26N2O5. The number of rotatable bonds is 5. The minimum atomic E-state index is -0.410. The van der Waals surface area contributed by atoms with E-state index in [0.29, 0.717) is 18.0 Å². The van der Waals surface area contributed by atoms with Crippen molar-refractivity contribution in [2.24, 2.45) is 11.8 Å². The lowest BCUT2D eigenvalue weighted by atomic mass is 9.81. The molecule has 2 aliphatic heterocycles. The van der Waals surface area contributed by atoms with Crippen LogP contribution in [-0.2, 0) is 20.8 Å². The highest BCUT2D eigenvalue weighted by molar-refractivity contribution is 6.08. The molecule has 0 bridgehead atoms. The van der Waals surface area contributed by atoms with Crippen molar-refractivity contribution in [2.75, 3.05) is 18.5 Å². The van der Waals surface area contributed by atoms with Crippen LogP contribution in [0.4, 0.5) is 5.69 Å². The van der Waals surface area contributed by atoms with Crippen molar-refractivity contribution in [3.8, 4) is 11.5 Å². The zero-order chi connectivity index (χ0) is 19.8.